The van der Waals surface area contributed by atoms with Crippen LogP contribution in [0.1, 0.15) is 11.1 Å². The van der Waals surface area contributed by atoms with E-state index < -0.39 is 0 Å². The molecule has 1 heteroatoms. The summed E-state index contributed by atoms with van der Waals surface area (Å²) < 4.78 is 0. The molecule has 0 spiro atoms. The second-order valence-corrected chi connectivity index (χ2v) is 6.42. The van der Waals surface area contributed by atoms with Crippen LogP contribution in [0.4, 0.5) is 0 Å². The first-order valence-corrected chi connectivity index (χ1v) is 8.14. The first-order valence-electron chi connectivity index (χ1n) is 7.14. The SMILES string of the molecule is Cc1ccc(Pc2ccc(C)cc2)cc1.c1ccccc1. The molecule has 0 aliphatic heterocycles. The highest BCUT2D eigenvalue weighted by molar-refractivity contribution is 7.55. The molecule has 0 atom stereocenters. The van der Waals surface area contributed by atoms with Crippen LogP contribution in [0.15, 0.2) is 84.9 Å². The highest BCUT2D eigenvalue weighted by Crippen LogP contribution is 2.11. The van der Waals surface area contributed by atoms with Crippen LogP contribution in [0.2, 0.25) is 0 Å². The summed E-state index contributed by atoms with van der Waals surface area (Å²) in [4.78, 5) is 0. The molecular weight excluding hydrogens is 271 g/mol. The quantitative estimate of drug-likeness (QED) is 0.605. The summed E-state index contributed by atoms with van der Waals surface area (Å²) in [6.45, 7) is 4.25. The molecule has 0 aromatic heterocycles. The highest BCUT2D eigenvalue weighted by Gasteiger charge is 1.95. The lowest BCUT2D eigenvalue weighted by Gasteiger charge is -2.03. The second-order valence-electron chi connectivity index (χ2n) is 5.01. The van der Waals surface area contributed by atoms with E-state index in [2.05, 4.69) is 62.4 Å². The van der Waals surface area contributed by atoms with Crippen LogP contribution in [0.5, 0.6) is 0 Å². The molecule has 0 radical (unpaired) electrons. The van der Waals surface area contributed by atoms with Gasteiger partial charge in [-0.15, -0.1) is 0 Å². The summed E-state index contributed by atoms with van der Waals surface area (Å²) in [5.41, 5.74) is 2.65. The third-order valence-corrected chi connectivity index (χ3v) is 4.30. The molecule has 0 saturated carbocycles. The first-order chi connectivity index (χ1) is 10.2. The minimum atomic E-state index is 0.769. The van der Waals surface area contributed by atoms with Gasteiger partial charge in [-0.2, -0.15) is 0 Å². The van der Waals surface area contributed by atoms with Crippen molar-refractivity contribution in [3.63, 3.8) is 0 Å². The average Bonchev–Trinajstić information content (AvgIpc) is 2.54. The summed E-state index contributed by atoms with van der Waals surface area (Å²) in [6.07, 6.45) is 0. The molecule has 0 aliphatic carbocycles. The van der Waals surface area contributed by atoms with E-state index in [1.54, 1.807) is 0 Å². The molecule has 0 aliphatic rings. The summed E-state index contributed by atoms with van der Waals surface area (Å²) in [5.74, 6) is 0. The molecule has 0 nitrogen and oxygen atoms in total. The molecule has 3 aromatic rings. The molecule has 106 valence electrons. The Balaban J connectivity index is 0.000000225. The number of rotatable bonds is 2. The van der Waals surface area contributed by atoms with E-state index in [4.69, 9.17) is 0 Å². The lowest BCUT2D eigenvalue weighted by molar-refractivity contribution is 1.49. The molecular formula is C20H21P. The van der Waals surface area contributed by atoms with Gasteiger partial charge in [-0.05, 0) is 24.5 Å². The van der Waals surface area contributed by atoms with Gasteiger partial charge >= 0.3 is 0 Å². The van der Waals surface area contributed by atoms with Crippen LogP contribution in [0, 0.1) is 13.8 Å². The van der Waals surface area contributed by atoms with Crippen LogP contribution >= 0.6 is 8.58 Å². The van der Waals surface area contributed by atoms with Crippen molar-refractivity contribution in [2.24, 2.45) is 0 Å². The standard InChI is InChI=1S/C14H15P.C6H6/c1-11-3-7-13(8-4-11)15-14-9-5-12(2)6-10-14;1-2-4-6-5-3-1/h3-10,15H,1-2H3;1-6H. The van der Waals surface area contributed by atoms with Crippen molar-refractivity contribution in [1.29, 1.82) is 0 Å². The number of aryl methyl sites for hydroxylation is 2. The fraction of sp³-hybridized carbons (Fsp3) is 0.100. The molecule has 0 unspecified atom stereocenters. The largest absolute Gasteiger partial charge is 0.0623 e. The van der Waals surface area contributed by atoms with Gasteiger partial charge in [0, 0.05) is 0 Å². The maximum atomic E-state index is 2.22. The van der Waals surface area contributed by atoms with E-state index in [0.717, 1.165) is 8.58 Å². The minimum Gasteiger partial charge on any atom is -0.0623 e. The van der Waals surface area contributed by atoms with Crippen molar-refractivity contribution in [3.05, 3.63) is 96.1 Å². The zero-order valence-corrected chi connectivity index (χ0v) is 13.6. The van der Waals surface area contributed by atoms with Gasteiger partial charge in [0.05, 0.1) is 0 Å². The number of benzene rings is 3. The fourth-order valence-corrected chi connectivity index (χ4v) is 2.83. The third kappa shape index (κ3) is 5.94. The smallest absolute Gasteiger partial charge is 0.0226 e. The second kappa shape index (κ2) is 8.39. The van der Waals surface area contributed by atoms with Crippen molar-refractivity contribution >= 4 is 19.2 Å². The van der Waals surface area contributed by atoms with E-state index in [0.29, 0.717) is 0 Å². The molecule has 0 N–H and O–H groups in total. The Morgan fingerprint density at radius 2 is 0.762 bits per heavy atom. The predicted molar refractivity (Wildman–Crippen MR) is 96.4 cm³/mol. The molecule has 0 saturated heterocycles. The van der Waals surface area contributed by atoms with Crippen LogP contribution in [-0.4, -0.2) is 0 Å². The molecule has 0 amide bonds. The zero-order valence-electron chi connectivity index (χ0n) is 12.6. The van der Waals surface area contributed by atoms with Gasteiger partial charge in [0.1, 0.15) is 0 Å². The van der Waals surface area contributed by atoms with Crippen LogP contribution in [-0.2, 0) is 0 Å². The Morgan fingerprint density at radius 1 is 0.476 bits per heavy atom. The molecule has 0 fully saturated rings. The van der Waals surface area contributed by atoms with Crippen LogP contribution in [0.3, 0.4) is 0 Å². The highest BCUT2D eigenvalue weighted by atomic mass is 31.1. The van der Waals surface area contributed by atoms with E-state index >= 15 is 0 Å². The lowest BCUT2D eigenvalue weighted by Crippen LogP contribution is -2.02. The van der Waals surface area contributed by atoms with Gasteiger partial charge in [0.2, 0.25) is 0 Å². The summed E-state index contributed by atoms with van der Waals surface area (Å²) in [6, 6.07) is 29.6. The van der Waals surface area contributed by atoms with E-state index in [1.807, 2.05) is 36.4 Å². The van der Waals surface area contributed by atoms with Crippen LogP contribution < -0.4 is 10.6 Å². The van der Waals surface area contributed by atoms with Gasteiger partial charge in [-0.1, -0.05) is 105 Å². The van der Waals surface area contributed by atoms with Gasteiger partial charge in [0.15, 0.2) is 0 Å². The summed E-state index contributed by atoms with van der Waals surface area (Å²) in [7, 11) is 0.769. The van der Waals surface area contributed by atoms with Crippen molar-refractivity contribution < 1.29 is 0 Å². The number of hydrogen-bond donors (Lipinski definition) is 0. The molecule has 0 heterocycles. The van der Waals surface area contributed by atoms with Gasteiger partial charge < -0.3 is 0 Å². The van der Waals surface area contributed by atoms with Crippen molar-refractivity contribution in [2.45, 2.75) is 13.8 Å². The normalized spacial score (nSPS) is 9.62. The fourth-order valence-electron chi connectivity index (χ4n) is 1.83. The Hall–Kier alpha value is -1.91. The lowest BCUT2D eigenvalue weighted by atomic mass is 10.2. The van der Waals surface area contributed by atoms with Crippen molar-refractivity contribution in [3.8, 4) is 0 Å². The minimum absolute atomic E-state index is 0.769. The average molecular weight is 292 g/mol. The Kier molecular flexibility index (Phi) is 6.19. The maximum Gasteiger partial charge on any atom is -0.0226 e. The number of hydrogen-bond acceptors (Lipinski definition) is 0. The molecule has 0 bridgehead atoms. The molecule has 3 aromatic carbocycles. The van der Waals surface area contributed by atoms with E-state index in [-0.39, 0.29) is 0 Å². The van der Waals surface area contributed by atoms with Crippen molar-refractivity contribution in [1.82, 2.24) is 0 Å². The summed E-state index contributed by atoms with van der Waals surface area (Å²) in [5, 5.41) is 2.81. The predicted octanol–water partition coefficient (Wildman–Crippen LogP) is 4.62. The van der Waals surface area contributed by atoms with E-state index in [9.17, 15) is 0 Å². The van der Waals surface area contributed by atoms with Gasteiger partial charge in [-0.3, -0.25) is 0 Å². The molecule has 3 rings (SSSR count). The monoisotopic (exact) mass is 292 g/mol. The topological polar surface area (TPSA) is 0 Å². The Bertz CT molecular complexity index is 555. The third-order valence-electron chi connectivity index (χ3n) is 3.06. The van der Waals surface area contributed by atoms with E-state index in [1.165, 1.54) is 21.7 Å². The Labute approximate surface area is 129 Å². The zero-order chi connectivity index (χ0) is 14.9. The maximum absolute atomic E-state index is 2.22. The van der Waals surface area contributed by atoms with Crippen molar-refractivity contribution in [2.75, 3.05) is 0 Å². The first kappa shape index (κ1) is 15.5. The Morgan fingerprint density at radius 3 is 1.05 bits per heavy atom. The molecule has 21 heavy (non-hydrogen) atoms. The van der Waals surface area contributed by atoms with Gasteiger partial charge in [-0.25, -0.2) is 0 Å². The van der Waals surface area contributed by atoms with Gasteiger partial charge in [0.25, 0.3) is 0 Å². The summed E-state index contributed by atoms with van der Waals surface area (Å²) >= 11 is 0. The van der Waals surface area contributed by atoms with Crippen LogP contribution in [0.25, 0.3) is 0 Å².